The highest BCUT2D eigenvalue weighted by atomic mass is 19.1. The van der Waals surface area contributed by atoms with Crippen molar-refractivity contribution in [1.29, 1.82) is 0 Å². The zero-order valence-corrected chi connectivity index (χ0v) is 7.84. The van der Waals surface area contributed by atoms with Gasteiger partial charge in [0.25, 0.3) is 5.91 Å². The Morgan fingerprint density at radius 3 is 2.43 bits per heavy atom. The molecule has 0 saturated heterocycles. The number of rotatable bonds is 1. The predicted octanol–water partition coefficient (Wildman–Crippen LogP) is 1.25. The van der Waals surface area contributed by atoms with Crippen molar-refractivity contribution in [2.24, 2.45) is 0 Å². The largest absolute Gasteiger partial charge is 0.396 e. The van der Waals surface area contributed by atoms with Crippen LogP contribution >= 0.6 is 0 Å². The maximum absolute atomic E-state index is 13.3. The summed E-state index contributed by atoms with van der Waals surface area (Å²) in [6.45, 7) is 0. The van der Waals surface area contributed by atoms with Gasteiger partial charge in [0.15, 0.2) is 5.82 Å². The summed E-state index contributed by atoms with van der Waals surface area (Å²) in [4.78, 5) is 12.4. The monoisotopic (exact) mass is 200 g/mol. The van der Waals surface area contributed by atoms with Gasteiger partial charge in [0, 0.05) is 14.1 Å². The molecular weight excluding hydrogens is 190 g/mol. The number of nitrogens with zero attached hydrogens (tertiary/aromatic N) is 1. The van der Waals surface area contributed by atoms with Crippen molar-refractivity contribution in [3.63, 3.8) is 0 Å². The number of carbonyl (C=O) groups excluding carboxylic acids is 1. The molecule has 0 unspecified atom stereocenters. The Labute approximate surface area is 80.1 Å². The van der Waals surface area contributed by atoms with E-state index < -0.39 is 23.1 Å². The lowest BCUT2D eigenvalue weighted by atomic mass is 10.1. The van der Waals surface area contributed by atoms with E-state index in [4.69, 9.17) is 5.73 Å². The standard InChI is InChI=1S/C9H10F2N2O/c1-13(2)9(14)7-5(10)3-4-6(12)8(7)11/h3-4H,12H2,1-2H3. The highest BCUT2D eigenvalue weighted by Gasteiger charge is 2.20. The van der Waals surface area contributed by atoms with Gasteiger partial charge in [-0.3, -0.25) is 4.79 Å². The lowest BCUT2D eigenvalue weighted by Gasteiger charge is -2.12. The third-order valence-electron chi connectivity index (χ3n) is 1.74. The van der Waals surface area contributed by atoms with E-state index in [9.17, 15) is 13.6 Å². The van der Waals surface area contributed by atoms with E-state index in [0.29, 0.717) is 0 Å². The van der Waals surface area contributed by atoms with Crippen LogP contribution in [0.5, 0.6) is 0 Å². The van der Waals surface area contributed by atoms with E-state index in [2.05, 4.69) is 0 Å². The van der Waals surface area contributed by atoms with Gasteiger partial charge in [0.2, 0.25) is 0 Å². The molecule has 0 bridgehead atoms. The average molecular weight is 200 g/mol. The van der Waals surface area contributed by atoms with Crippen molar-refractivity contribution in [3.8, 4) is 0 Å². The second-order valence-corrected chi connectivity index (χ2v) is 3.03. The molecule has 0 fully saturated rings. The van der Waals surface area contributed by atoms with Gasteiger partial charge >= 0.3 is 0 Å². The van der Waals surface area contributed by atoms with Gasteiger partial charge in [-0.25, -0.2) is 8.78 Å². The minimum atomic E-state index is -1.01. The molecule has 1 amide bonds. The van der Waals surface area contributed by atoms with Crippen LogP contribution in [-0.4, -0.2) is 24.9 Å². The molecular formula is C9H10F2N2O. The lowest BCUT2D eigenvalue weighted by Crippen LogP contribution is -2.24. The fourth-order valence-electron chi connectivity index (χ4n) is 0.988. The van der Waals surface area contributed by atoms with Crippen LogP contribution in [0.3, 0.4) is 0 Å². The summed E-state index contributed by atoms with van der Waals surface area (Å²) in [6.07, 6.45) is 0. The fourth-order valence-corrected chi connectivity index (χ4v) is 0.988. The molecule has 0 heterocycles. The highest BCUT2D eigenvalue weighted by molar-refractivity contribution is 5.95. The lowest BCUT2D eigenvalue weighted by molar-refractivity contribution is 0.0818. The van der Waals surface area contributed by atoms with Gasteiger partial charge in [-0.1, -0.05) is 0 Å². The van der Waals surface area contributed by atoms with Crippen molar-refractivity contribution in [2.45, 2.75) is 0 Å². The molecule has 5 heteroatoms. The van der Waals surface area contributed by atoms with Crippen LogP contribution in [0.15, 0.2) is 12.1 Å². The zero-order valence-electron chi connectivity index (χ0n) is 7.84. The van der Waals surface area contributed by atoms with E-state index in [-0.39, 0.29) is 5.69 Å². The summed E-state index contributed by atoms with van der Waals surface area (Å²) < 4.78 is 26.4. The van der Waals surface area contributed by atoms with Gasteiger partial charge in [-0.15, -0.1) is 0 Å². The molecule has 3 nitrogen and oxygen atoms in total. The first kappa shape index (κ1) is 10.4. The molecule has 0 atom stereocenters. The first-order valence-electron chi connectivity index (χ1n) is 3.90. The topological polar surface area (TPSA) is 46.3 Å². The van der Waals surface area contributed by atoms with Gasteiger partial charge in [-0.2, -0.15) is 0 Å². The first-order chi connectivity index (χ1) is 6.45. The SMILES string of the molecule is CN(C)C(=O)c1c(F)ccc(N)c1F. The van der Waals surface area contributed by atoms with Gasteiger partial charge < -0.3 is 10.6 Å². The van der Waals surface area contributed by atoms with Crippen LogP contribution in [0.2, 0.25) is 0 Å². The number of hydrogen-bond donors (Lipinski definition) is 1. The number of benzene rings is 1. The predicted molar refractivity (Wildman–Crippen MR) is 48.8 cm³/mol. The Balaban J connectivity index is 3.33. The average Bonchev–Trinajstić information content (AvgIpc) is 2.12. The molecule has 0 radical (unpaired) electrons. The van der Waals surface area contributed by atoms with Crippen LogP contribution in [0.25, 0.3) is 0 Å². The Hall–Kier alpha value is -1.65. The molecule has 1 rings (SSSR count). The van der Waals surface area contributed by atoms with E-state index >= 15 is 0 Å². The summed E-state index contributed by atoms with van der Waals surface area (Å²) in [5.41, 5.74) is 4.36. The number of carbonyl (C=O) groups is 1. The van der Waals surface area contributed by atoms with Crippen molar-refractivity contribution in [3.05, 3.63) is 29.3 Å². The fraction of sp³-hybridized carbons (Fsp3) is 0.222. The number of hydrogen-bond acceptors (Lipinski definition) is 2. The third-order valence-corrected chi connectivity index (χ3v) is 1.74. The number of anilines is 1. The molecule has 14 heavy (non-hydrogen) atoms. The van der Waals surface area contributed by atoms with E-state index in [1.165, 1.54) is 14.1 Å². The van der Waals surface area contributed by atoms with Crippen molar-refractivity contribution < 1.29 is 13.6 Å². The second-order valence-electron chi connectivity index (χ2n) is 3.03. The van der Waals surface area contributed by atoms with Crippen molar-refractivity contribution in [1.82, 2.24) is 4.90 Å². The van der Waals surface area contributed by atoms with Crippen molar-refractivity contribution >= 4 is 11.6 Å². The first-order valence-corrected chi connectivity index (χ1v) is 3.90. The van der Waals surface area contributed by atoms with Gasteiger partial charge in [0.05, 0.1) is 5.69 Å². The Morgan fingerprint density at radius 2 is 1.93 bits per heavy atom. The Kier molecular flexibility index (Phi) is 2.69. The third kappa shape index (κ3) is 1.66. The van der Waals surface area contributed by atoms with Crippen LogP contribution in [0, 0.1) is 11.6 Å². The molecule has 1 aromatic rings. The summed E-state index contributed by atoms with van der Waals surface area (Å²) in [5.74, 6) is -2.66. The summed E-state index contributed by atoms with van der Waals surface area (Å²) in [7, 11) is 2.81. The second kappa shape index (κ2) is 3.61. The van der Waals surface area contributed by atoms with Crippen LogP contribution in [0.1, 0.15) is 10.4 Å². The maximum atomic E-state index is 13.3. The molecule has 2 N–H and O–H groups in total. The summed E-state index contributed by atoms with van der Waals surface area (Å²) >= 11 is 0. The molecule has 76 valence electrons. The van der Waals surface area contributed by atoms with Crippen LogP contribution in [0.4, 0.5) is 14.5 Å². The smallest absolute Gasteiger partial charge is 0.259 e. The minimum absolute atomic E-state index is 0.239. The molecule has 0 aliphatic heterocycles. The number of halogens is 2. The molecule has 0 aliphatic rings. The van der Waals surface area contributed by atoms with Crippen molar-refractivity contribution in [2.75, 3.05) is 19.8 Å². The van der Waals surface area contributed by atoms with E-state index in [1.807, 2.05) is 0 Å². The molecule has 0 saturated carbocycles. The van der Waals surface area contributed by atoms with Crippen LogP contribution in [-0.2, 0) is 0 Å². The van der Waals surface area contributed by atoms with Crippen LogP contribution < -0.4 is 5.73 Å². The maximum Gasteiger partial charge on any atom is 0.259 e. The molecule has 1 aromatic carbocycles. The van der Waals surface area contributed by atoms with Gasteiger partial charge in [0.1, 0.15) is 11.4 Å². The number of nitrogen functional groups attached to an aromatic ring is 1. The van der Waals surface area contributed by atoms with E-state index in [1.54, 1.807) is 0 Å². The van der Waals surface area contributed by atoms with E-state index in [0.717, 1.165) is 17.0 Å². The quantitative estimate of drug-likeness (QED) is 0.693. The molecule has 0 spiro atoms. The Bertz CT molecular complexity index is 377. The molecule has 0 aromatic heterocycles. The summed E-state index contributed by atoms with van der Waals surface area (Å²) in [6, 6.07) is 2.05. The number of amides is 1. The normalized spacial score (nSPS) is 10.0. The minimum Gasteiger partial charge on any atom is -0.396 e. The number of nitrogens with two attached hydrogens (primary N) is 1. The van der Waals surface area contributed by atoms with Gasteiger partial charge in [-0.05, 0) is 12.1 Å². The Morgan fingerprint density at radius 1 is 1.36 bits per heavy atom. The zero-order chi connectivity index (χ0) is 10.9. The highest BCUT2D eigenvalue weighted by Crippen LogP contribution is 2.19. The molecule has 0 aliphatic carbocycles. The summed E-state index contributed by atoms with van der Waals surface area (Å²) in [5, 5.41) is 0.